The lowest BCUT2D eigenvalue weighted by molar-refractivity contribution is -0.140. The number of imide groups is 2. The van der Waals surface area contributed by atoms with Gasteiger partial charge in [0.1, 0.15) is 5.69 Å². The van der Waals surface area contributed by atoms with Crippen molar-refractivity contribution in [3.05, 3.63) is 58.7 Å². The van der Waals surface area contributed by atoms with E-state index in [9.17, 15) is 19.2 Å². The van der Waals surface area contributed by atoms with Crippen molar-refractivity contribution in [2.75, 3.05) is 11.9 Å². The van der Waals surface area contributed by atoms with Gasteiger partial charge in [0, 0.05) is 19.3 Å². The van der Waals surface area contributed by atoms with E-state index >= 15 is 0 Å². The molecule has 0 radical (unpaired) electrons. The highest BCUT2D eigenvalue weighted by molar-refractivity contribution is 6.17. The molecule has 1 atom stereocenters. The highest BCUT2D eigenvalue weighted by Crippen LogP contribution is 2.22. The molecular weight excluding hydrogens is 386 g/mol. The Morgan fingerprint density at radius 1 is 1.17 bits per heavy atom. The number of aromatic nitrogens is 2. The van der Waals surface area contributed by atoms with E-state index < -0.39 is 23.8 Å². The Bertz CT molecular complexity index is 1070. The van der Waals surface area contributed by atoms with E-state index in [0.717, 1.165) is 11.3 Å². The number of hydrogen-bond donors (Lipinski definition) is 2. The van der Waals surface area contributed by atoms with Crippen LogP contribution in [0.1, 0.15) is 25.5 Å². The summed E-state index contributed by atoms with van der Waals surface area (Å²) in [6, 6.07) is 8.37. The van der Waals surface area contributed by atoms with Gasteiger partial charge in [0.15, 0.2) is 5.92 Å². The molecule has 0 bridgehead atoms. The fourth-order valence-electron chi connectivity index (χ4n) is 3.39. The second-order valence-corrected chi connectivity index (χ2v) is 7.16. The third kappa shape index (κ3) is 3.66. The number of carbonyl (C=O) groups is 3. The Morgan fingerprint density at radius 2 is 1.83 bits per heavy atom. The molecule has 1 saturated heterocycles. The number of para-hydroxylation sites is 1. The zero-order valence-electron chi connectivity index (χ0n) is 17.3. The second-order valence-electron chi connectivity index (χ2n) is 7.16. The first-order valence-electron chi connectivity index (χ1n) is 9.74. The quantitative estimate of drug-likeness (QED) is 0.677. The molecular formula is C21H25N5O4. The molecule has 2 N–H and O–H groups in total. The molecule has 0 aliphatic carbocycles. The third-order valence-electron chi connectivity index (χ3n) is 5.17. The van der Waals surface area contributed by atoms with Gasteiger partial charge in [0.05, 0.1) is 11.4 Å². The Morgan fingerprint density at radius 3 is 2.47 bits per heavy atom. The molecule has 9 nitrogen and oxygen atoms in total. The van der Waals surface area contributed by atoms with E-state index in [4.69, 9.17) is 0 Å². The summed E-state index contributed by atoms with van der Waals surface area (Å²) in [7, 11) is 1.74. The average molecular weight is 411 g/mol. The maximum atomic E-state index is 13.0. The van der Waals surface area contributed by atoms with Crippen LogP contribution in [0.25, 0.3) is 5.69 Å². The van der Waals surface area contributed by atoms with Crippen molar-refractivity contribution in [2.24, 2.45) is 13.0 Å². The van der Waals surface area contributed by atoms with Crippen LogP contribution in [-0.2, 0) is 16.6 Å². The zero-order chi connectivity index (χ0) is 22.0. The van der Waals surface area contributed by atoms with Gasteiger partial charge in [-0.15, -0.1) is 0 Å². The van der Waals surface area contributed by atoms with E-state index in [-0.39, 0.29) is 23.5 Å². The van der Waals surface area contributed by atoms with Crippen LogP contribution in [0.5, 0.6) is 0 Å². The van der Waals surface area contributed by atoms with Gasteiger partial charge < -0.3 is 5.32 Å². The smallest absolute Gasteiger partial charge is 0.330 e. The van der Waals surface area contributed by atoms with E-state index in [1.54, 1.807) is 30.8 Å². The molecule has 1 aliphatic rings. The van der Waals surface area contributed by atoms with Crippen molar-refractivity contribution in [3.8, 4) is 5.69 Å². The van der Waals surface area contributed by atoms with Crippen molar-refractivity contribution >= 4 is 23.5 Å². The standard InChI is InChI=1S/C21H25N5O4/c1-5-6-12-25-19(28)16(18(27)23-21(25)30)13(2)22-17-14(3)24(4)26(20(17)29)15-10-8-7-9-11-15/h7-11,16,22H,2,5-6,12H2,1,3-4H3,(H,23,27,30)/t16-/m0/s1. The number of anilines is 1. The van der Waals surface area contributed by atoms with E-state index in [0.29, 0.717) is 17.8 Å². The van der Waals surface area contributed by atoms with Crippen molar-refractivity contribution < 1.29 is 14.4 Å². The molecule has 9 heteroatoms. The number of nitrogens with one attached hydrogen (secondary N) is 2. The van der Waals surface area contributed by atoms with Gasteiger partial charge in [-0.1, -0.05) is 38.1 Å². The van der Waals surface area contributed by atoms with Crippen LogP contribution in [-0.4, -0.2) is 38.7 Å². The van der Waals surface area contributed by atoms with Gasteiger partial charge in [0.2, 0.25) is 11.8 Å². The first-order valence-corrected chi connectivity index (χ1v) is 9.74. The predicted octanol–water partition coefficient (Wildman–Crippen LogP) is 1.90. The number of amides is 4. The largest absolute Gasteiger partial charge is 0.352 e. The maximum Gasteiger partial charge on any atom is 0.330 e. The van der Waals surface area contributed by atoms with Crippen molar-refractivity contribution in [3.63, 3.8) is 0 Å². The summed E-state index contributed by atoms with van der Waals surface area (Å²) in [5.41, 5.74) is 1.19. The second kappa shape index (κ2) is 8.40. The van der Waals surface area contributed by atoms with Gasteiger partial charge in [0.25, 0.3) is 5.56 Å². The number of carbonyl (C=O) groups excluding carboxylic acids is 3. The van der Waals surface area contributed by atoms with E-state index in [2.05, 4.69) is 17.2 Å². The number of unbranched alkanes of at least 4 members (excludes halogenated alkanes) is 1. The Labute approximate surface area is 173 Å². The molecule has 0 saturated carbocycles. The molecule has 158 valence electrons. The number of barbiturate groups is 1. The summed E-state index contributed by atoms with van der Waals surface area (Å²) in [5.74, 6) is -2.71. The van der Waals surface area contributed by atoms with E-state index in [1.807, 2.05) is 25.1 Å². The van der Waals surface area contributed by atoms with E-state index in [1.165, 1.54) is 4.68 Å². The molecule has 0 unspecified atom stereocenters. The lowest BCUT2D eigenvalue weighted by Crippen LogP contribution is -2.58. The normalized spacial score (nSPS) is 16.6. The van der Waals surface area contributed by atoms with Gasteiger partial charge >= 0.3 is 6.03 Å². The zero-order valence-corrected chi connectivity index (χ0v) is 17.3. The van der Waals surface area contributed by atoms with Crippen LogP contribution in [0.15, 0.2) is 47.4 Å². The summed E-state index contributed by atoms with van der Waals surface area (Å²) in [6.07, 6.45) is 1.41. The minimum Gasteiger partial charge on any atom is -0.352 e. The SMILES string of the molecule is C=C(Nc1c(C)n(C)n(-c2ccccc2)c1=O)[C@H]1C(=O)NC(=O)N(CCCC)C1=O. The number of nitrogens with zero attached hydrogens (tertiary/aromatic N) is 3. The van der Waals surface area contributed by atoms with Crippen LogP contribution in [0.3, 0.4) is 0 Å². The van der Waals surface area contributed by atoms with Crippen molar-refractivity contribution in [1.29, 1.82) is 0 Å². The van der Waals surface area contributed by atoms with Gasteiger partial charge in [-0.2, -0.15) is 0 Å². The first-order chi connectivity index (χ1) is 14.3. The maximum absolute atomic E-state index is 13.0. The number of hydrogen-bond acceptors (Lipinski definition) is 5. The minimum absolute atomic E-state index is 0.0394. The summed E-state index contributed by atoms with van der Waals surface area (Å²) in [4.78, 5) is 51.2. The highest BCUT2D eigenvalue weighted by atomic mass is 16.2. The van der Waals surface area contributed by atoms with Crippen LogP contribution in [0.4, 0.5) is 10.5 Å². The lowest BCUT2D eigenvalue weighted by Gasteiger charge is -2.31. The van der Waals surface area contributed by atoms with Crippen molar-refractivity contribution in [1.82, 2.24) is 19.6 Å². The molecule has 0 spiro atoms. The number of urea groups is 1. The first kappa shape index (κ1) is 21.1. The molecule has 3 rings (SSSR count). The topological polar surface area (TPSA) is 105 Å². The molecule has 1 aromatic carbocycles. The molecule has 4 amide bonds. The molecule has 1 aliphatic heterocycles. The van der Waals surface area contributed by atoms with Gasteiger partial charge in [-0.25, -0.2) is 9.48 Å². The van der Waals surface area contributed by atoms with Crippen LogP contribution < -0.4 is 16.2 Å². The van der Waals surface area contributed by atoms with Crippen molar-refractivity contribution in [2.45, 2.75) is 26.7 Å². The van der Waals surface area contributed by atoms with Gasteiger partial charge in [-0.05, 0) is 25.5 Å². The van der Waals surface area contributed by atoms with Crippen LogP contribution >= 0.6 is 0 Å². The number of rotatable bonds is 7. The summed E-state index contributed by atoms with van der Waals surface area (Å²) >= 11 is 0. The Kier molecular flexibility index (Phi) is 5.91. The summed E-state index contributed by atoms with van der Waals surface area (Å²) in [6.45, 7) is 7.71. The minimum atomic E-state index is -1.30. The monoisotopic (exact) mass is 411 g/mol. The summed E-state index contributed by atoms with van der Waals surface area (Å²) < 4.78 is 3.15. The Balaban J connectivity index is 1.90. The summed E-state index contributed by atoms with van der Waals surface area (Å²) in [5, 5.41) is 5.06. The molecule has 1 fully saturated rings. The van der Waals surface area contributed by atoms with Crippen LogP contribution in [0.2, 0.25) is 0 Å². The lowest BCUT2D eigenvalue weighted by atomic mass is 10.0. The molecule has 1 aromatic heterocycles. The average Bonchev–Trinajstić information content (AvgIpc) is 2.91. The van der Waals surface area contributed by atoms with Gasteiger partial charge in [-0.3, -0.25) is 29.3 Å². The molecule has 2 aromatic rings. The Hall–Kier alpha value is -3.62. The molecule has 2 heterocycles. The van der Waals surface area contributed by atoms with Crippen LogP contribution in [0, 0.1) is 12.8 Å². The molecule has 30 heavy (non-hydrogen) atoms. The highest BCUT2D eigenvalue weighted by Gasteiger charge is 2.42. The number of benzene rings is 1. The third-order valence-corrected chi connectivity index (χ3v) is 5.17. The fraction of sp³-hybridized carbons (Fsp3) is 0.333. The fourth-order valence-corrected chi connectivity index (χ4v) is 3.39. The predicted molar refractivity (Wildman–Crippen MR) is 112 cm³/mol.